The van der Waals surface area contributed by atoms with Crippen LogP contribution in [-0.2, 0) is 25.4 Å². The molecule has 0 spiro atoms. The summed E-state index contributed by atoms with van der Waals surface area (Å²) in [7, 11) is 0. The number of alkyl halides is 1. The summed E-state index contributed by atoms with van der Waals surface area (Å²) in [6.07, 6.45) is -2.65. The van der Waals surface area contributed by atoms with Gasteiger partial charge < -0.3 is 44.7 Å². The Morgan fingerprint density at radius 3 is 2.51 bits per heavy atom. The smallest absolute Gasteiger partial charge is 0.202 e. The number of halogens is 1. The van der Waals surface area contributed by atoms with E-state index in [1.54, 1.807) is 6.92 Å². The SMILES string of the molecule is CC(=O)[C@]1(O)Cc2c(O)c3c(c(O)c2[C@@H](OC2CC(NC4CCOCC4)C(O)C(C)O2)C1)C(=O)c1c(OCBr)cccc1C3=O. The highest BCUT2D eigenvalue weighted by molar-refractivity contribution is 9.09. The number of benzene rings is 2. The van der Waals surface area contributed by atoms with E-state index in [1.165, 1.54) is 25.1 Å². The second-order valence-electron chi connectivity index (χ2n) is 12.2. The Labute approximate surface area is 267 Å². The van der Waals surface area contributed by atoms with Gasteiger partial charge in [-0.05, 0) is 48.7 Å². The van der Waals surface area contributed by atoms with Crippen LogP contribution in [0.4, 0.5) is 0 Å². The molecule has 2 aromatic rings. The lowest BCUT2D eigenvalue weighted by molar-refractivity contribution is -0.250. The second kappa shape index (κ2) is 12.4. The first kappa shape index (κ1) is 32.0. The minimum atomic E-state index is -2.01. The topological polar surface area (TPSA) is 181 Å². The third-order valence-electron chi connectivity index (χ3n) is 9.41. The molecule has 12 nitrogen and oxygen atoms in total. The fourth-order valence-corrected chi connectivity index (χ4v) is 7.21. The molecule has 0 amide bonds. The van der Waals surface area contributed by atoms with Crippen LogP contribution < -0.4 is 10.1 Å². The maximum Gasteiger partial charge on any atom is 0.202 e. The lowest BCUT2D eigenvalue weighted by atomic mass is 9.72. The van der Waals surface area contributed by atoms with E-state index >= 15 is 0 Å². The molecule has 5 N–H and O–H groups in total. The van der Waals surface area contributed by atoms with Crippen LogP contribution in [0.3, 0.4) is 0 Å². The van der Waals surface area contributed by atoms with E-state index in [2.05, 4.69) is 21.2 Å². The number of aliphatic hydroxyl groups excluding tert-OH is 1. The monoisotopic (exact) mass is 689 g/mol. The van der Waals surface area contributed by atoms with E-state index in [0.29, 0.717) is 13.2 Å². The number of carbonyl (C=O) groups excluding carboxylic acids is 3. The average Bonchev–Trinajstić information content (AvgIpc) is 3.00. The standard InChI is InChI=1S/C32H36BrNO11/c1-14-27(36)19(34-16-6-8-42-9-7-16)10-22(44-14)45-21-12-32(41,15(2)35)11-18-24(21)31(40)26-25(29(18)38)28(37)17-4-3-5-20(43-13-33)23(17)30(26)39/h3-5,14,16,19,21-22,27,34,36,38,40-41H,6-13H2,1-2H3/t14?,19?,21-,22?,27?,32-/m0/s1. The number of rotatable bonds is 7. The molecular formula is C32H36BrNO11. The number of phenols is 2. The molecule has 242 valence electrons. The summed E-state index contributed by atoms with van der Waals surface area (Å²) in [6, 6.07) is 4.19. The van der Waals surface area contributed by atoms with Crippen LogP contribution in [-0.4, -0.2) is 92.7 Å². The molecule has 2 fully saturated rings. The van der Waals surface area contributed by atoms with Crippen molar-refractivity contribution in [1.29, 1.82) is 0 Å². The maximum atomic E-state index is 13.9. The molecule has 4 unspecified atom stereocenters. The maximum absolute atomic E-state index is 13.9. The van der Waals surface area contributed by atoms with Gasteiger partial charge in [-0.3, -0.25) is 14.4 Å². The number of ether oxygens (including phenoxy) is 4. The van der Waals surface area contributed by atoms with Crippen molar-refractivity contribution in [3.05, 3.63) is 51.6 Å². The molecule has 0 saturated carbocycles. The number of aromatic hydroxyl groups is 2. The van der Waals surface area contributed by atoms with Crippen molar-refractivity contribution in [2.24, 2.45) is 0 Å². The van der Waals surface area contributed by atoms with E-state index < -0.39 is 82.6 Å². The van der Waals surface area contributed by atoms with E-state index in [-0.39, 0.29) is 52.4 Å². The average molecular weight is 691 g/mol. The summed E-state index contributed by atoms with van der Waals surface area (Å²) in [5, 5.41) is 49.1. The molecule has 4 aliphatic rings. The van der Waals surface area contributed by atoms with Gasteiger partial charge in [0.25, 0.3) is 0 Å². The Hall–Kier alpha value is -2.91. The van der Waals surface area contributed by atoms with Crippen molar-refractivity contribution in [3.8, 4) is 17.2 Å². The summed E-state index contributed by atoms with van der Waals surface area (Å²) >= 11 is 3.16. The van der Waals surface area contributed by atoms with Crippen molar-refractivity contribution < 1.29 is 53.8 Å². The lowest BCUT2D eigenvalue weighted by Gasteiger charge is -2.43. The van der Waals surface area contributed by atoms with Crippen molar-refractivity contribution in [2.75, 3.05) is 18.7 Å². The first-order valence-corrected chi connectivity index (χ1v) is 16.1. The Kier molecular flexibility index (Phi) is 8.80. The molecule has 0 bridgehead atoms. The zero-order chi connectivity index (χ0) is 32.2. The van der Waals surface area contributed by atoms with Crippen molar-refractivity contribution in [2.45, 2.75) is 88.2 Å². The van der Waals surface area contributed by atoms with Gasteiger partial charge in [0, 0.05) is 61.3 Å². The second-order valence-corrected chi connectivity index (χ2v) is 12.6. The predicted octanol–water partition coefficient (Wildman–Crippen LogP) is 2.56. The number of Topliss-reactive ketones (excluding diaryl/α,β-unsaturated/α-hetero) is 1. The van der Waals surface area contributed by atoms with Gasteiger partial charge in [-0.25, -0.2) is 0 Å². The van der Waals surface area contributed by atoms with Crippen LogP contribution >= 0.6 is 15.9 Å². The predicted molar refractivity (Wildman–Crippen MR) is 161 cm³/mol. The Balaban J connectivity index is 1.41. The molecule has 0 radical (unpaired) electrons. The van der Waals surface area contributed by atoms with E-state index in [4.69, 9.17) is 18.9 Å². The molecule has 13 heteroatoms. The molecule has 0 aromatic heterocycles. The van der Waals surface area contributed by atoms with Gasteiger partial charge in [0.2, 0.25) is 5.78 Å². The first-order valence-electron chi connectivity index (χ1n) is 15.0. The zero-order valence-electron chi connectivity index (χ0n) is 24.9. The molecule has 45 heavy (non-hydrogen) atoms. The number of phenolic OH excluding ortho intramolecular Hbond substituents is 2. The van der Waals surface area contributed by atoms with E-state index in [0.717, 1.165) is 12.8 Å². The molecular weight excluding hydrogens is 654 g/mol. The Morgan fingerprint density at radius 1 is 1.11 bits per heavy atom. The van der Waals surface area contributed by atoms with Gasteiger partial charge in [0.15, 0.2) is 17.9 Å². The third kappa shape index (κ3) is 5.58. The van der Waals surface area contributed by atoms with Gasteiger partial charge in [-0.2, -0.15) is 0 Å². The number of ketones is 3. The van der Waals surface area contributed by atoms with Gasteiger partial charge >= 0.3 is 0 Å². The Bertz CT molecular complexity index is 1540. The van der Waals surface area contributed by atoms with Gasteiger partial charge in [0.1, 0.15) is 28.4 Å². The summed E-state index contributed by atoms with van der Waals surface area (Å²) < 4.78 is 23.3. The van der Waals surface area contributed by atoms with Crippen LogP contribution in [0.5, 0.6) is 17.2 Å². The van der Waals surface area contributed by atoms with Crippen molar-refractivity contribution in [3.63, 3.8) is 0 Å². The number of aliphatic hydroxyl groups is 2. The first-order chi connectivity index (χ1) is 21.4. The minimum absolute atomic E-state index is 0.0164. The Morgan fingerprint density at radius 2 is 1.82 bits per heavy atom. The molecule has 2 heterocycles. The zero-order valence-corrected chi connectivity index (χ0v) is 26.5. The number of hydrogen-bond donors (Lipinski definition) is 5. The van der Waals surface area contributed by atoms with Crippen LogP contribution in [0, 0.1) is 0 Å². The van der Waals surface area contributed by atoms with Crippen LogP contribution in [0.15, 0.2) is 18.2 Å². The van der Waals surface area contributed by atoms with Crippen LogP contribution in [0.2, 0.25) is 0 Å². The quantitative estimate of drug-likeness (QED) is 0.181. The molecule has 6 atom stereocenters. The summed E-state index contributed by atoms with van der Waals surface area (Å²) in [6.45, 7) is 4.12. The van der Waals surface area contributed by atoms with Crippen LogP contribution in [0.1, 0.15) is 88.6 Å². The molecule has 2 saturated heterocycles. The van der Waals surface area contributed by atoms with Crippen molar-refractivity contribution in [1.82, 2.24) is 5.32 Å². The number of hydrogen-bond acceptors (Lipinski definition) is 12. The lowest BCUT2D eigenvalue weighted by Crippen LogP contribution is -2.57. The third-order valence-corrected chi connectivity index (χ3v) is 9.64. The van der Waals surface area contributed by atoms with Gasteiger partial charge in [-0.1, -0.05) is 12.1 Å². The fourth-order valence-electron chi connectivity index (χ4n) is 6.97. The fraction of sp³-hybridized carbons (Fsp3) is 0.531. The molecule has 2 aliphatic heterocycles. The number of carbonyl (C=O) groups is 3. The highest BCUT2D eigenvalue weighted by atomic mass is 79.9. The van der Waals surface area contributed by atoms with E-state index in [9.17, 15) is 34.8 Å². The summed E-state index contributed by atoms with van der Waals surface area (Å²) in [5.41, 5.74) is -2.96. The van der Waals surface area contributed by atoms with Crippen molar-refractivity contribution >= 4 is 33.3 Å². The molecule has 2 aliphatic carbocycles. The largest absolute Gasteiger partial charge is 0.507 e. The number of nitrogens with one attached hydrogen (secondary N) is 1. The highest BCUT2D eigenvalue weighted by Gasteiger charge is 2.49. The summed E-state index contributed by atoms with van der Waals surface area (Å²) in [4.78, 5) is 40.4. The number of fused-ring (bicyclic) bond motifs is 3. The molecule has 6 rings (SSSR count). The van der Waals surface area contributed by atoms with Gasteiger partial charge in [0.05, 0.1) is 35.0 Å². The summed E-state index contributed by atoms with van der Waals surface area (Å²) in [5.74, 6) is -3.14. The highest BCUT2D eigenvalue weighted by Crippen LogP contribution is 2.52. The van der Waals surface area contributed by atoms with Crippen LogP contribution in [0.25, 0.3) is 0 Å². The molecule has 2 aromatic carbocycles. The minimum Gasteiger partial charge on any atom is -0.507 e. The van der Waals surface area contributed by atoms with E-state index in [1.807, 2.05) is 0 Å². The van der Waals surface area contributed by atoms with Gasteiger partial charge in [-0.15, -0.1) is 0 Å². The normalized spacial score (nSPS) is 29.9.